The second kappa shape index (κ2) is 19.6. The summed E-state index contributed by atoms with van der Waals surface area (Å²) in [7, 11) is 0. The fourth-order valence-electron chi connectivity index (χ4n) is 2.17. The fourth-order valence-corrected chi connectivity index (χ4v) is 2.17. The highest BCUT2D eigenvalue weighted by Gasteiger charge is 2.09. The van der Waals surface area contributed by atoms with Gasteiger partial charge in [-0.25, -0.2) is 0 Å². The Morgan fingerprint density at radius 3 is 1.61 bits per heavy atom. The van der Waals surface area contributed by atoms with Crippen LogP contribution in [0.5, 0.6) is 0 Å². The third kappa shape index (κ3) is 21.8. The minimum Gasteiger partial charge on any atom is -0.481 e. The average molecular weight is 408 g/mol. The van der Waals surface area contributed by atoms with Crippen LogP contribution in [0.25, 0.3) is 0 Å². The Morgan fingerprint density at radius 1 is 0.714 bits per heavy atom. The topological polar surface area (TPSA) is 197 Å². The molecule has 8 N–H and O–H groups in total. The lowest BCUT2D eigenvalue weighted by atomic mass is 10.1. The largest absolute Gasteiger partial charge is 0.481 e. The lowest BCUT2D eigenvalue weighted by Gasteiger charge is -2.12. The zero-order chi connectivity index (χ0) is 19.8. The van der Waals surface area contributed by atoms with Gasteiger partial charge in [0, 0.05) is 25.7 Å². The van der Waals surface area contributed by atoms with Crippen molar-refractivity contribution in [3.8, 4) is 0 Å². The van der Waals surface area contributed by atoms with Gasteiger partial charge < -0.3 is 32.0 Å². The number of unbranched alkanes of at least 4 members (excludes halogenated alkanes) is 2. The third-order valence-electron chi connectivity index (χ3n) is 3.68. The molecule has 0 aromatic rings. The SMILES string of the molecule is CC(CCCOC(=O)CCCCC(=O)O)COC(=O)CCCCC(=O)O.N.N. The number of carbonyl (C=O) groups is 4. The van der Waals surface area contributed by atoms with Gasteiger partial charge in [0.25, 0.3) is 0 Å². The third-order valence-corrected chi connectivity index (χ3v) is 3.68. The van der Waals surface area contributed by atoms with Gasteiger partial charge in [-0.05, 0) is 44.4 Å². The van der Waals surface area contributed by atoms with Crippen molar-refractivity contribution in [2.24, 2.45) is 5.92 Å². The van der Waals surface area contributed by atoms with Crippen LogP contribution in [-0.2, 0) is 28.7 Å². The van der Waals surface area contributed by atoms with Crippen molar-refractivity contribution in [2.75, 3.05) is 13.2 Å². The van der Waals surface area contributed by atoms with Crippen LogP contribution in [0.3, 0.4) is 0 Å². The molecule has 0 aliphatic rings. The number of hydrogen-bond acceptors (Lipinski definition) is 8. The van der Waals surface area contributed by atoms with E-state index in [4.69, 9.17) is 19.7 Å². The van der Waals surface area contributed by atoms with Crippen LogP contribution in [0.1, 0.15) is 71.1 Å². The summed E-state index contributed by atoms with van der Waals surface area (Å²) in [6.45, 7) is 2.53. The number of hydrogen-bond donors (Lipinski definition) is 4. The molecule has 10 nitrogen and oxygen atoms in total. The summed E-state index contributed by atoms with van der Waals surface area (Å²) in [5, 5.41) is 17.0. The maximum atomic E-state index is 11.5. The Bertz CT molecular complexity index is 457. The van der Waals surface area contributed by atoms with Gasteiger partial charge in [-0.2, -0.15) is 0 Å². The minimum atomic E-state index is -0.868. The van der Waals surface area contributed by atoms with E-state index in [0.29, 0.717) is 45.3 Å². The standard InChI is InChI=1S/C18H30O8.2H3N/c1-14(13-26-18(24)11-5-3-9-16(21)22)7-6-12-25-17(23)10-4-2-8-15(19)20;;/h14H,2-13H2,1H3,(H,19,20)(H,21,22);2*1H3. The summed E-state index contributed by atoms with van der Waals surface area (Å²) in [6.07, 6.45) is 3.90. The van der Waals surface area contributed by atoms with E-state index in [-0.39, 0.29) is 55.8 Å². The molecule has 0 aromatic heterocycles. The van der Waals surface area contributed by atoms with Gasteiger partial charge >= 0.3 is 23.9 Å². The molecule has 0 rings (SSSR count). The molecule has 1 unspecified atom stereocenters. The average Bonchev–Trinajstić information content (AvgIpc) is 2.57. The van der Waals surface area contributed by atoms with Gasteiger partial charge in [-0.15, -0.1) is 0 Å². The quantitative estimate of drug-likeness (QED) is 0.217. The summed E-state index contributed by atoms with van der Waals surface area (Å²) in [5.41, 5.74) is 0. The van der Waals surface area contributed by atoms with Gasteiger partial charge in [0.05, 0.1) is 13.2 Å². The molecule has 0 saturated heterocycles. The first-order valence-corrected chi connectivity index (χ1v) is 9.06. The van der Waals surface area contributed by atoms with Crippen molar-refractivity contribution >= 4 is 23.9 Å². The number of ether oxygens (including phenoxy) is 2. The predicted molar refractivity (Wildman–Crippen MR) is 103 cm³/mol. The molecular formula is C18H36N2O8. The molecule has 10 heteroatoms. The summed E-state index contributed by atoms with van der Waals surface area (Å²) in [4.78, 5) is 43.6. The molecule has 0 aromatic carbocycles. The van der Waals surface area contributed by atoms with Crippen molar-refractivity contribution in [1.82, 2.24) is 12.3 Å². The first-order chi connectivity index (χ1) is 12.3. The van der Waals surface area contributed by atoms with Crippen molar-refractivity contribution in [2.45, 2.75) is 71.1 Å². The van der Waals surface area contributed by atoms with Gasteiger partial charge in [-0.3, -0.25) is 19.2 Å². The van der Waals surface area contributed by atoms with Crippen molar-refractivity contribution < 1.29 is 38.9 Å². The highest BCUT2D eigenvalue weighted by Crippen LogP contribution is 2.09. The van der Waals surface area contributed by atoms with Crippen molar-refractivity contribution in [1.29, 1.82) is 0 Å². The van der Waals surface area contributed by atoms with E-state index >= 15 is 0 Å². The molecule has 0 amide bonds. The second-order valence-corrected chi connectivity index (χ2v) is 6.35. The predicted octanol–water partition coefficient (Wildman–Crippen LogP) is 3.10. The summed E-state index contributed by atoms with van der Waals surface area (Å²) in [5.74, 6) is -2.24. The van der Waals surface area contributed by atoms with Crippen LogP contribution in [-0.4, -0.2) is 47.3 Å². The number of carboxylic acid groups (broad SMARTS) is 2. The Balaban J connectivity index is -0.00000312. The Hall–Kier alpha value is -2.20. The molecule has 0 spiro atoms. The number of esters is 2. The van der Waals surface area contributed by atoms with E-state index in [9.17, 15) is 19.2 Å². The molecule has 0 bridgehead atoms. The Morgan fingerprint density at radius 2 is 1.14 bits per heavy atom. The second-order valence-electron chi connectivity index (χ2n) is 6.35. The van der Waals surface area contributed by atoms with Crippen LogP contribution >= 0.6 is 0 Å². The molecule has 28 heavy (non-hydrogen) atoms. The van der Waals surface area contributed by atoms with Crippen molar-refractivity contribution in [3.05, 3.63) is 0 Å². The van der Waals surface area contributed by atoms with Gasteiger partial charge in [0.15, 0.2) is 0 Å². The normalized spacial score (nSPS) is 10.8. The zero-order valence-electron chi connectivity index (χ0n) is 16.8. The summed E-state index contributed by atoms with van der Waals surface area (Å²) in [6, 6.07) is 0. The highest BCUT2D eigenvalue weighted by molar-refractivity contribution is 5.70. The van der Waals surface area contributed by atoms with E-state index in [1.807, 2.05) is 6.92 Å². The molecular weight excluding hydrogens is 372 g/mol. The Labute approximate surface area is 166 Å². The first kappa shape index (κ1) is 30.5. The van der Waals surface area contributed by atoms with E-state index in [2.05, 4.69) is 0 Å². The van der Waals surface area contributed by atoms with Crippen LogP contribution in [0, 0.1) is 5.92 Å². The summed E-state index contributed by atoms with van der Waals surface area (Å²) < 4.78 is 10.2. The van der Waals surface area contributed by atoms with Gasteiger partial charge in [0.1, 0.15) is 0 Å². The van der Waals surface area contributed by atoms with Crippen LogP contribution < -0.4 is 12.3 Å². The maximum Gasteiger partial charge on any atom is 0.305 e. The monoisotopic (exact) mass is 408 g/mol. The summed E-state index contributed by atoms with van der Waals surface area (Å²) >= 11 is 0. The fraction of sp³-hybridized carbons (Fsp3) is 0.778. The number of carbonyl (C=O) groups excluding carboxylic acids is 2. The molecule has 0 aliphatic carbocycles. The zero-order valence-corrected chi connectivity index (χ0v) is 16.8. The molecule has 166 valence electrons. The van der Waals surface area contributed by atoms with Crippen molar-refractivity contribution in [3.63, 3.8) is 0 Å². The molecule has 0 saturated carbocycles. The van der Waals surface area contributed by atoms with Crippen LogP contribution in [0.2, 0.25) is 0 Å². The lowest BCUT2D eigenvalue weighted by Crippen LogP contribution is -2.13. The highest BCUT2D eigenvalue weighted by atomic mass is 16.5. The van der Waals surface area contributed by atoms with Crippen LogP contribution in [0.15, 0.2) is 0 Å². The maximum absolute atomic E-state index is 11.5. The smallest absolute Gasteiger partial charge is 0.305 e. The number of carboxylic acids is 2. The molecule has 0 fully saturated rings. The van der Waals surface area contributed by atoms with Gasteiger partial charge in [-0.1, -0.05) is 6.92 Å². The molecule has 0 heterocycles. The van der Waals surface area contributed by atoms with E-state index in [1.54, 1.807) is 0 Å². The van der Waals surface area contributed by atoms with Gasteiger partial charge in [0.2, 0.25) is 0 Å². The van der Waals surface area contributed by atoms with E-state index in [1.165, 1.54) is 0 Å². The molecule has 0 aliphatic heterocycles. The number of aliphatic carboxylic acids is 2. The number of rotatable bonds is 16. The van der Waals surface area contributed by atoms with E-state index < -0.39 is 11.9 Å². The Kier molecular flexibility index (Phi) is 21.3. The molecule has 1 atom stereocenters. The first-order valence-electron chi connectivity index (χ1n) is 9.06. The lowest BCUT2D eigenvalue weighted by molar-refractivity contribution is -0.145. The molecule has 0 radical (unpaired) electrons. The minimum absolute atomic E-state index is 0. The van der Waals surface area contributed by atoms with Crippen LogP contribution in [0.4, 0.5) is 0 Å². The van der Waals surface area contributed by atoms with E-state index in [0.717, 1.165) is 6.42 Å².